The quantitative estimate of drug-likeness (QED) is 0.770. The van der Waals surface area contributed by atoms with Crippen LogP contribution in [-0.4, -0.2) is 53.7 Å². The van der Waals surface area contributed by atoms with Crippen LogP contribution in [0.5, 0.6) is 0 Å². The number of rotatable bonds is 6. The standard InChI is InChI=1S/C15H27N5O/c1-18-11-7-17-14(15(18)21)20-10-5-9-19(12-13-20)8-4-2-3-6-16/h7,11H,2-6,8-10,12-13,16H2,1H3. The van der Waals surface area contributed by atoms with Crippen LogP contribution in [0.1, 0.15) is 25.7 Å². The van der Waals surface area contributed by atoms with Crippen LogP contribution in [0, 0.1) is 0 Å². The number of unbranched alkanes of at least 4 members (excludes halogenated alkanes) is 2. The highest BCUT2D eigenvalue weighted by Gasteiger charge is 2.18. The van der Waals surface area contributed by atoms with Gasteiger partial charge < -0.3 is 20.1 Å². The van der Waals surface area contributed by atoms with Crippen molar-refractivity contribution in [3.63, 3.8) is 0 Å². The molecule has 0 spiro atoms. The fourth-order valence-corrected chi connectivity index (χ4v) is 2.76. The summed E-state index contributed by atoms with van der Waals surface area (Å²) in [5.41, 5.74) is 5.52. The molecule has 0 aliphatic carbocycles. The van der Waals surface area contributed by atoms with Crippen LogP contribution in [-0.2, 0) is 7.05 Å². The number of anilines is 1. The highest BCUT2D eigenvalue weighted by molar-refractivity contribution is 5.35. The lowest BCUT2D eigenvalue weighted by molar-refractivity contribution is 0.286. The third kappa shape index (κ3) is 4.54. The molecule has 0 amide bonds. The number of aryl methyl sites for hydroxylation is 1. The number of nitrogens with two attached hydrogens (primary N) is 1. The van der Waals surface area contributed by atoms with Crippen molar-refractivity contribution in [2.45, 2.75) is 25.7 Å². The van der Waals surface area contributed by atoms with Crippen molar-refractivity contribution >= 4 is 5.82 Å². The Labute approximate surface area is 126 Å². The van der Waals surface area contributed by atoms with Gasteiger partial charge in [-0.1, -0.05) is 6.42 Å². The highest BCUT2D eigenvalue weighted by atomic mass is 16.1. The minimum atomic E-state index is -0.00565. The molecule has 2 heterocycles. The smallest absolute Gasteiger partial charge is 0.293 e. The summed E-state index contributed by atoms with van der Waals surface area (Å²) in [4.78, 5) is 21.0. The van der Waals surface area contributed by atoms with Gasteiger partial charge >= 0.3 is 0 Å². The van der Waals surface area contributed by atoms with E-state index in [1.54, 1.807) is 24.0 Å². The maximum absolute atomic E-state index is 12.1. The molecule has 1 aliphatic rings. The van der Waals surface area contributed by atoms with Gasteiger partial charge in [-0.25, -0.2) is 4.98 Å². The molecular weight excluding hydrogens is 266 g/mol. The maximum Gasteiger partial charge on any atom is 0.293 e. The summed E-state index contributed by atoms with van der Waals surface area (Å²) in [6.45, 7) is 5.81. The molecule has 1 aromatic heterocycles. The molecule has 1 aromatic rings. The van der Waals surface area contributed by atoms with Gasteiger partial charge in [0.2, 0.25) is 0 Å². The third-order valence-electron chi connectivity index (χ3n) is 4.07. The van der Waals surface area contributed by atoms with Gasteiger partial charge in [0.05, 0.1) is 0 Å². The van der Waals surface area contributed by atoms with E-state index in [9.17, 15) is 4.79 Å². The van der Waals surface area contributed by atoms with Crippen molar-refractivity contribution in [1.29, 1.82) is 0 Å². The lowest BCUT2D eigenvalue weighted by atomic mass is 10.2. The Bertz CT molecular complexity index is 487. The van der Waals surface area contributed by atoms with Gasteiger partial charge in [0.25, 0.3) is 5.56 Å². The van der Waals surface area contributed by atoms with Crippen molar-refractivity contribution in [2.75, 3.05) is 44.2 Å². The molecule has 2 rings (SSSR count). The zero-order valence-electron chi connectivity index (χ0n) is 13.0. The van der Waals surface area contributed by atoms with E-state index < -0.39 is 0 Å². The summed E-state index contributed by atoms with van der Waals surface area (Å²) in [6, 6.07) is 0. The van der Waals surface area contributed by atoms with E-state index in [-0.39, 0.29) is 5.56 Å². The summed E-state index contributed by atoms with van der Waals surface area (Å²) < 4.78 is 1.60. The molecule has 0 radical (unpaired) electrons. The van der Waals surface area contributed by atoms with Crippen LogP contribution < -0.4 is 16.2 Å². The molecule has 0 atom stereocenters. The van der Waals surface area contributed by atoms with Crippen LogP contribution in [0.3, 0.4) is 0 Å². The third-order valence-corrected chi connectivity index (χ3v) is 4.07. The Balaban J connectivity index is 1.88. The second kappa shape index (κ2) is 8.14. The van der Waals surface area contributed by atoms with Crippen LogP contribution >= 0.6 is 0 Å². The molecule has 1 fully saturated rings. The Morgan fingerprint density at radius 3 is 2.86 bits per heavy atom. The van der Waals surface area contributed by atoms with Gasteiger partial charge in [-0.3, -0.25) is 4.79 Å². The van der Waals surface area contributed by atoms with Crippen LogP contribution in [0.25, 0.3) is 0 Å². The maximum atomic E-state index is 12.1. The van der Waals surface area contributed by atoms with Crippen LogP contribution in [0.2, 0.25) is 0 Å². The van der Waals surface area contributed by atoms with Gasteiger partial charge in [-0.2, -0.15) is 0 Å². The molecular formula is C15H27N5O. The largest absolute Gasteiger partial charge is 0.351 e. The van der Waals surface area contributed by atoms with Crippen LogP contribution in [0.15, 0.2) is 17.2 Å². The van der Waals surface area contributed by atoms with Crippen LogP contribution in [0.4, 0.5) is 5.82 Å². The minimum absolute atomic E-state index is 0.00565. The average molecular weight is 293 g/mol. The van der Waals surface area contributed by atoms with E-state index >= 15 is 0 Å². The second-order valence-electron chi connectivity index (χ2n) is 5.70. The SMILES string of the molecule is Cn1ccnc(N2CCCN(CCCCCN)CC2)c1=O. The lowest BCUT2D eigenvalue weighted by Crippen LogP contribution is -2.36. The molecule has 1 saturated heterocycles. The topological polar surface area (TPSA) is 67.4 Å². The van der Waals surface area contributed by atoms with Gasteiger partial charge in [-0.05, 0) is 38.9 Å². The normalized spacial score (nSPS) is 17.0. The van der Waals surface area contributed by atoms with Gasteiger partial charge in [0.1, 0.15) is 0 Å². The minimum Gasteiger partial charge on any atom is -0.351 e. The first-order valence-electron chi connectivity index (χ1n) is 7.91. The second-order valence-corrected chi connectivity index (χ2v) is 5.70. The number of aromatic nitrogens is 2. The van der Waals surface area contributed by atoms with Crippen molar-refractivity contribution in [2.24, 2.45) is 12.8 Å². The summed E-state index contributed by atoms with van der Waals surface area (Å²) in [6.07, 6.45) is 8.01. The molecule has 2 N–H and O–H groups in total. The average Bonchev–Trinajstić information content (AvgIpc) is 2.72. The fraction of sp³-hybridized carbons (Fsp3) is 0.733. The Hall–Kier alpha value is -1.40. The first-order valence-corrected chi connectivity index (χ1v) is 7.91. The predicted molar refractivity (Wildman–Crippen MR) is 85.7 cm³/mol. The first-order chi connectivity index (χ1) is 10.2. The van der Waals surface area contributed by atoms with E-state index in [0.29, 0.717) is 5.82 Å². The predicted octanol–water partition coefficient (Wildman–Crippen LogP) is 0.421. The van der Waals surface area contributed by atoms with Crippen molar-refractivity contribution in [3.05, 3.63) is 22.7 Å². The zero-order valence-corrected chi connectivity index (χ0v) is 13.0. The molecule has 21 heavy (non-hydrogen) atoms. The van der Waals surface area contributed by atoms with Crippen molar-refractivity contribution in [3.8, 4) is 0 Å². The summed E-state index contributed by atoms with van der Waals surface area (Å²) >= 11 is 0. The molecule has 118 valence electrons. The van der Waals surface area contributed by atoms with Gasteiger partial charge in [0, 0.05) is 39.1 Å². The number of hydrogen-bond donors (Lipinski definition) is 1. The van der Waals surface area contributed by atoms with E-state index in [2.05, 4.69) is 14.8 Å². The summed E-state index contributed by atoms with van der Waals surface area (Å²) in [5, 5.41) is 0. The fourth-order valence-electron chi connectivity index (χ4n) is 2.76. The first kappa shape index (κ1) is 16.0. The molecule has 6 heteroatoms. The van der Waals surface area contributed by atoms with Gasteiger partial charge in [0.15, 0.2) is 5.82 Å². The highest BCUT2D eigenvalue weighted by Crippen LogP contribution is 2.10. The molecule has 0 bridgehead atoms. The Morgan fingerprint density at radius 1 is 1.19 bits per heavy atom. The van der Waals surface area contributed by atoms with E-state index in [1.165, 1.54) is 12.8 Å². The van der Waals surface area contributed by atoms with E-state index in [4.69, 9.17) is 5.73 Å². The zero-order chi connectivity index (χ0) is 15.1. The summed E-state index contributed by atoms with van der Waals surface area (Å²) in [7, 11) is 1.77. The number of nitrogens with zero attached hydrogens (tertiary/aromatic N) is 4. The van der Waals surface area contributed by atoms with Crippen molar-refractivity contribution < 1.29 is 0 Å². The van der Waals surface area contributed by atoms with Crippen molar-refractivity contribution in [1.82, 2.24) is 14.5 Å². The molecule has 0 aromatic carbocycles. The Kier molecular flexibility index (Phi) is 6.20. The summed E-state index contributed by atoms with van der Waals surface area (Å²) in [5.74, 6) is 0.588. The molecule has 0 unspecified atom stereocenters. The monoisotopic (exact) mass is 293 g/mol. The molecule has 6 nitrogen and oxygen atoms in total. The molecule has 1 aliphatic heterocycles. The van der Waals surface area contributed by atoms with E-state index in [0.717, 1.165) is 52.1 Å². The molecule has 0 saturated carbocycles. The number of hydrogen-bond acceptors (Lipinski definition) is 5. The Morgan fingerprint density at radius 2 is 2.05 bits per heavy atom. The lowest BCUT2D eigenvalue weighted by Gasteiger charge is -2.22. The van der Waals surface area contributed by atoms with Gasteiger partial charge in [-0.15, -0.1) is 0 Å². The van der Waals surface area contributed by atoms with E-state index in [1.807, 2.05) is 0 Å².